The molecule has 5 heteroatoms. The van der Waals surface area contributed by atoms with Crippen LogP contribution in [-0.4, -0.2) is 50.4 Å². The molecule has 0 aromatic heterocycles. The Bertz CT molecular complexity index is 179. The van der Waals surface area contributed by atoms with E-state index in [4.69, 9.17) is 9.47 Å². The first kappa shape index (κ1) is 15.7. The number of esters is 1. The summed E-state index contributed by atoms with van der Waals surface area (Å²) in [5.41, 5.74) is 0. The lowest BCUT2D eigenvalue weighted by atomic mass is 10.2. The molecule has 0 saturated heterocycles. The molecule has 0 heterocycles. The molecule has 0 fully saturated rings. The molecule has 0 aromatic carbocycles. The van der Waals surface area contributed by atoms with Crippen molar-refractivity contribution in [3.05, 3.63) is 0 Å². The average molecular weight is 249 g/mol. The highest BCUT2D eigenvalue weighted by Crippen LogP contribution is 1.99. The molecule has 1 atom stereocenters. The third-order valence-electron chi connectivity index (χ3n) is 2.02. The Hall–Kier alpha value is -0.260. The van der Waals surface area contributed by atoms with Gasteiger partial charge in [-0.1, -0.05) is 0 Å². The first-order valence-electron chi connectivity index (χ1n) is 5.66. The highest BCUT2D eigenvalue weighted by Gasteiger charge is 2.02. The van der Waals surface area contributed by atoms with Gasteiger partial charge >= 0.3 is 5.97 Å². The Labute approximate surface area is 102 Å². The number of ether oxygens (including phenoxy) is 2. The van der Waals surface area contributed by atoms with Gasteiger partial charge in [-0.25, -0.2) is 4.79 Å². The maximum absolute atomic E-state index is 10.9. The van der Waals surface area contributed by atoms with Crippen molar-refractivity contribution < 1.29 is 14.3 Å². The predicted octanol–water partition coefficient (Wildman–Crippen LogP) is 1.30. The van der Waals surface area contributed by atoms with E-state index in [0.29, 0.717) is 19.3 Å². The molecular formula is C11H23NO3S. The predicted molar refractivity (Wildman–Crippen MR) is 67.9 cm³/mol. The SMILES string of the molecule is CCOC(=O)COCCNC(C)CCSC. The third-order valence-corrected chi connectivity index (χ3v) is 2.66. The molecule has 4 nitrogen and oxygen atoms in total. The minimum Gasteiger partial charge on any atom is -0.464 e. The third kappa shape index (κ3) is 10.3. The topological polar surface area (TPSA) is 47.6 Å². The van der Waals surface area contributed by atoms with Crippen LogP contribution >= 0.6 is 11.8 Å². The zero-order valence-corrected chi connectivity index (χ0v) is 11.3. The van der Waals surface area contributed by atoms with Crippen molar-refractivity contribution in [2.45, 2.75) is 26.3 Å². The molecule has 1 N–H and O–H groups in total. The van der Waals surface area contributed by atoms with Crippen LogP contribution < -0.4 is 5.32 Å². The highest BCUT2D eigenvalue weighted by atomic mass is 32.2. The Morgan fingerprint density at radius 1 is 1.50 bits per heavy atom. The van der Waals surface area contributed by atoms with E-state index in [2.05, 4.69) is 18.5 Å². The van der Waals surface area contributed by atoms with E-state index in [-0.39, 0.29) is 12.6 Å². The van der Waals surface area contributed by atoms with Crippen LogP contribution in [0.5, 0.6) is 0 Å². The fraction of sp³-hybridized carbons (Fsp3) is 0.909. The summed E-state index contributed by atoms with van der Waals surface area (Å²) in [6, 6.07) is 0.499. The Morgan fingerprint density at radius 3 is 2.88 bits per heavy atom. The van der Waals surface area contributed by atoms with Crippen LogP contribution in [0.4, 0.5) is 0 Å². The van der Waals surface area contributed by atoms with Crippen LogP contribution in [0, 0.1) is 0 Å². The number of hydrogen-bond donors (Lipinski definition) is 1. The smallest absolute Gasteiger partial charge is 0.332 e. The number of hydrogen-bond acceptors (Lipinski definition) is 5. The average Bonchev–Trinajstić information content (AvgIpc) is 2.26. The lowest BCUT2D eigenvalue weighted by Crippen LogP contribution is -2.30. The molecule has 0 saturated carbocycles. The van der Waals surface area contributed by atoms with Crippen molar-refractivity contribution in [1.29, 1.82) is 0 Å². The van der Waals surface area contributed by atoms with Crippen LogP contribution in [0.3, 0.4) is 0 Å². The minimum absolute atomic E-state index is 0.0503. The number of thioether (sulfide) groups is 1. The van der Waals surface area contributed by atoms with E-state index in [1.165, 1.54) is 0 Å². The Balaban J connectivity index is 3.23. The molecule has 0 aliphatic heterocycles. The molecular weight excluding hydrogens is 226 g/mol. The summed E-state index contributed by atoms with van der Waals surface area (Å²) in [7, 11) is 0. The summed E-state index contributed by atoms with van der Waals surface area (Å²) in [4.78, 5) is 10.9. The monoisotopic (exact) mass is 249 g/mol. The van der Waals surface area contributed by atoms with Crippen LogP contribution in [0.1, 0.15) is 20.3 Å². The van der Waals surface area contributed by atoms with Gasteiger partial charge in [0.2, 0.25) is 0 Å². The van der Waals surface area contributed by atoms with Crippen LogP contribution in [0.2, 0.25) is 0 Å². The second-order valence-corrected chi connectivity index (χ2v) is 4.48. The maximum Gasteiger partial charge on any atom is 0.332 e. The zero-order chi connectivity index (χ0) is 12.2. The largest absolute Gasteiger partial charge is 0.464 e. The lowest BCUT2D eigenvalue weighted by Gasteiger charge is -2.12. The van der Waals surface area contributed by atoms with Crippen molar-refractivity contribution in [3.63, 3.8) is 0 Å². The minimum atomic E-state index is -0.294. The van der Waals surface area contributed by atoms with Crippen molar-refractivity contribution in [2.75, 3.05) is 38.4 Å². The van der Waals surface area contributed by atoms with Crippen LogP contribution in [0.25, 0.3) is 0 Å². The molecule has 1 unspecified atom stereocenters. The molecule has 0 radical (unpaired) electrons. The first-order chi connectivity index (χ1) is 7.70. The number of carbonyl (C=O) groups excluding carboxylic acids is 1. The summed E-state index contributed by atoms with van der Waals surface area (Å²) in [6.07, 6.45) is 3.26. The fourth-order valence-corrected chi connectivity index (χ4v) is 1.72. The first-order valence-corrected chi connectivity index (χ1v) is 7.05. The molecule has 0 rings (SSSR count). The molecule has 16 heavy (non-hydrogen) atoms. The van der Waals surface area contributed by atoms with Gasteiger partial charge in [0, 0.05) is 12.6 Å². The summed E-state index contributed by atoms with van der Waals surface area (Å²) in [5, 5.41) is 3.33. The Morgan fingerprint density at radius 2 is 2.25 bits per heavy atom. The van der Waals surface area contributed by atoms with Gasteiger partial charge in [-0.15, -0.1) is 0 Å². The molecule has 0 bridgehead atoms. The van der Waals surface area contributed by atoms with E-state index in [1.54, 1.807) is 6.92 Å². The molecule has 0 aromatic rings. The van der Waals surface area contributed by atoms with Crippen LogP contribution in [0.15, 0.2) is 0 Å². The summed E-state index contributed by atoms with van der Waals surface area (Å²) < 4.78 is 9.90. The van der Waals surface area contributed by atoms with E-state index < -0.39 is 0 Å². The maximum atomic E-state index is 10.9. The van der Waals surface area contributed by atoms with Crippen molar-refractivity contribution >= 4 is 17.7 Å². The number of carbonyl (C=O) groups is 1. The van der Waals surface area contributed by atoms with E-state index in [9.17, 15) is 4.79 Å². The van der Waals surface area contributed by atoms with Gasteiger partial charge in [0.25, 0.3) is 0 Å². The van der Waals surface area contributed by atoms with Crippen molar-refractivity contribution in [1.82, 2.24) is 5.32 Å². The van der Waals surface area contributed by atoms with Crippen LogP contribution in [-0.2, 0) is 14.3 Å². The fourth-order valence-electron chi connectivity index (χ4n) is 1.13. The number of nitrogens with one attached hydrogen (secondary N) is 1. The van der Waals surface area contributed by atoms with E-state index >= 15 is 0 Å². The van der Waals surface area contributed by atoms with E-state index in [1.807, 2.05) is 11.8 Å². The lowest BCUT2D eigenvalue weighted by molar-refractivity contribution is -0.148. The van der Waals surface area contributed by atoms with Crippen molar-refractivity contribution in [3.8, 4) is 0 Å². The summed E-state index contributed by atoms with van der Waals surface area (Å²) >= 11 is 1.85. The standard InChI is InChI=1S/C11H23NO3S/c1-4-15-11(13)9-14-7-6-12-10(2)5-8-16-3/h10,12H,4-9H2,1-3H3. The zero-order valence-electron chi connectivity index (χ0n) is 10.5. The second-order valence-electron chi connectivity index (χ2n) is 3.49. The summed E-state index contributed by atoms with van der Waals surface area (Å²) in [5.74, 6) is 0.871. The number of rotatable bonds is 10. The van der Waals surface area contributed by atoms with Gasteiger partial charge in [-0.2, -0.15) is 11.8 Å². The van der Waals surface area contributed by atoms with Gasteiger partial charge in [-0.3, -0.25) is 0 Å². The molecule has 0 spiro atoms. The van der Waals surface area contributed by atoms with E-state index in [0.717, 1.165) is 18.7 Å². The molecule has 0 aliphatic carbocycles. The summed E-state index contributed by atoms with van der Waals surface area (Å²) in [6.45, 7) is 5.71. The van der Waals surface area contributed by atoms with Crippen molar-refractivity contribution in [2.24, 2.45) is 0 Å². The van der Waals surface area contributed by atoms with Gasteiger partial charge < -0.3 is 14.8 Å². The second kappa shape index (κ2) is 11.2. The van der Waals surface area contributed by atoms with Gasteiger partial charge in [0.05, 0.1) is 13.2 Å². The Kier molecular flexibility index (Phi) is 11.0. The van der Waals surface area contributed by atoms with Gasteiger partial charge in [-0.05, 0) is 32.3 Å². The highest BCUT2D eigenvalue weighted by molar-refractivity contribution is 7.98. The molecule has 0 aliphatic rings. The normalized spacial score (nSPS) is 12.4. The molecule has 0 amide bonds. The van der Waals surface area contributed by atoms with Gasteiger partial charge in [0.1, 0.15) is 6.61 Å². The molecule has 96 valence electrons. The van der Waals surface area contributed by atoms with Gasteiger partial charge in [0.15, 0.2) is 0 Å². The quantitative estimate of drug-likeness (QED) is 0.467.